The van der Waals surface area contributed by atoms with Gasteiger partial charge in [-0.25, -0.2) is 4.68 Å². The van der Waals surface area contributed by atoms with E-state index in [1.165, 1.54) is 0 Å². The van der Waals surface area contributed by atoms with Crippen molar-refractivity contribution in [3.63, 3.8) is 0 Å². The molecule has 14 heavy (non-hydrogen) atoms. The van der Waals surface area contributed by atoms with Gasteiger partial charge in [-0.05, 0) is 41.6 Å². The molecule has 0 N–H and O–H groups in total. The van der Waals surface area contributed by atoms with E-state index in [-0.39, 0.29) is 0 Å². The molecule has 0 saturated carbocycles. The molecular weight excluding hydrogens is 310 g/mol. The van der Waals surface area contributed by atoms with E-state index in [2.05, 4.69) is 27.7 Å². The number of hydrogen-bond donors (Lipinski definition) is 0. The van der Waals surface area contributed by atoms with Crippen LogP contribution in [0.2, 0.25) is 5.15 Å². The highest BCUT2D eigenvalue weighted by molar-refractivity contribution is 14.1. The predicted molar refractivity (Wildman–Crippen MR) is 66.0 cm³/mol. The first kappa shape index (κ1) is 9.98. The van der Waals surface area contributed by atoms with Gasteiger partial charge in [-0.2, -0.15) is 5.10 Å². The molecule has 0 fully saturated rings. The second-order valence-electron chi connectivity index (χ2n) is 2.94. The van der Waals surface area contributed by atoms with Crippen LogP contribution in [0.3, 0.4) is 0 Å². The third-order valence-corrected chi connectivity index (χ3v) is 3.89. The van der Waals surface area contributed by atoms with E-state index in [1.807, 2.05) is 37.3 Å². The lowest BCUT2D eigenvalue weighted by molar-refractivity contribution is 0.863. The molecular formula is C10H8ClIN2. The molecule has 0 unspecified atom stereocenters. The molecule has 1 heterocycles. The molecule has 0 bridgehead atoms. The van der Waals surface area contributed by atoms with Crippen LogP contribution < -0.4 is 0 Å². The summed E-state index contributed by atoms with van der Waals surface area (Å²) in [6.45, 7) is 1.95. The lowest BCUT2D eigenvalue weighted by Crippen LogP contribution is -1.95. The normalized spacial score (nSPS) is 10.5. The summed E-state index contributed by atoms with van der Waals surface area (Å²) < 4.78 is 2.76. The van der Waals surface area contributed by atoms with Gasteiger partial charge in [-0.3, -0.25) is 0 Å². The number of hydrogen-bond acceptors (Lipinski definition) is 1. The average molecular weight is 319 g/mol. The molecule has 0 radical (unpaired) electrons. The molecule has 2 rings (SSSR count). The van der Waals surface area contributed by atoms with E-state index >= 15 is 0 Å². The third kappa shape index (κ3) is 1.66. The van der Waals surface area contributed by atoms with Gasteiger partial charge in [-0.15, -0.1) is 0 Å². The van der Waals surface area contributed by atoms with Crippen molar-refractivity contribution in [2.75, 3.05) is 0 Å². The van der Waals surface area contributed by atoms with E-state index in [0.29, 0.717) is 5.15 Å². The maximum absolute atomic E-state index is 6.14. The van der Waals surface area contributed by atoms with Gasteiger partial charge in [0.25, 0.3) is 0 Å². The van der Waals surface area contributed by atoms with Crippen molar-refractivity contribution in [2.24, 2.45) is 0 Å². The van der Waals surface area contributed by atoms with Crippen molar-refractivity contribution in [1.82, 2.24) is 9.78 Å². The van der Waals surface area contributed by atoms with Crippen LogP contribution in [0.1, 0.15) is 5.69 Å². The highest BCUT2D eigenvalue weighted by Gasteiger charge is 2.11. The first-order valence-corrected chi connectivity index (χ1v) is 5.62. The molecule has 0 amide bonds. The summed E-state index contributed by atoms with van der Waals surface area (Å²) in [5.74, 6) is 0. The van der Waals surface area contributed by atoms with Crippen molar-refractivity contribution in [2.45, 2.75) is 6.92 Å². The monoisotopic (exact) mass is 318 g/mol. The van der Waals surface area contributed by atoms with Gasteiger partial charge in [0.05, 0.1) is 15.0 Å². The number of benzene rings is 1. The molecule has 0 saturated heterocycles. The summed E-state index contributed by atoms with van der Waals surface area (Å²) in [4.78, 5) is 0. The van der Waals surface area contributed by atoms with Crippen molar-refractivity contribution in [3.8, 4) is 5.69 Å². The molecule has 0 aliphatic rings. The van der Waals surface area contributed by atoms with Gasteiger partial charge in [-0.1, -0.05) is 29.8 Å². The number of rotatable bonds is 1. The van der Waals surface area contributed by atoms with Crippen LogP contribution in [0.4, 0.5) is 0 Å². The second kappa shape index (κ2) is 3.90. The molecule has 0 aliphatic carbocycles. The van der Waals surface area contributed by atoms with Gasteiger partial charge >= 0.3 is 0 Å². The van der Waals surface area contributed by atoms with Crippen molar-refractivity contribution >= 4 is 34.2 Å². The Morgan fingerprint density at radius 3 is 2.43 bits per heavy atom. The highest BCUT2D eigenvalue weighted by Crippen LogP contribution is 2.24. The van der Waals surface area contributed by atoms with Crippen molar-refractivity contribution in [1.29, 1.82) is 0 Å². The Morgan fingerprint density at radius 1 is 1.29 bits per heavy atom. The van der Waals surface area contributed by atoms with Gasteiger partial charge < -0.3 is 0 Å². The number of aromatic nitrogens is 2. The van der Waals surface area contributed by atoms with Crippen LogP contribution in [-0.4, -0.2) is 9.78 Å². The Kier molecular flexibility index (Phi) is 2.78. The zero-order valence-electron chi connectivity index (χ0n) is 7.54. The predicted octanol–water partition coefficient (Wildman–Crippen LogP) is 3.44. The number of para-hydroxylation sites is 1. The summed E-state index contributed by atoms with van der Waals surface area (Å²) in [6, 6.07) is 9.87. The fourth-order valence-electron chi connectivity index (χ4n) is 1.22. The average Bonchev–Trinajstić information content (AvgIpc) is 2.47. The summed E-state index contributed by atoms with van der Waals surface area (Å²) in [5, 5.41) is 5.03. The minimum absolute atomic E-state index is 0.675. The maximum atomic E-state index is 6.14. The lowest BCUT2D eigenvalue weighted by atomic mass is 10.3. The fourth-order valence-corrected chi connectivity index (χ4v) is 1.83. The smallest absolute Gasteiger partial charge is 0.146 e. The molecule has 4 heteroatoms. The Balaban J connectivity index is 2.58. The van der Waals surface area contributed by atoms with E-state index in [4.69, 9.17) is 11.6 Å². The number of aryl methyl sites for hydroxylation is 1. The maximum Gasteiger partial charge on any atom is 0.146 e. The van der Waals surface area contributed by atoms with Crippen LogP contribution in [0.25, 0.3) is 5.69 Å². The van der Waals surface area contributed by atoms with Crippen LogP contribution in [0.5, 0.6) is 0 Å². The largest absolute Gasteiger partial charge is 0.221 e. The second-order valence-corrected chi connectivity index (χ2v) is 4.37. The summed E-state index contributed by atoms with van der Waals surface area (Å²) >= 11 is 8.34. The van der Waals surface area contributed by atoms with Crippen LogP contribution in [0, 0.1) is 10.5 Å². The molecule has 0 spiro atoms. The van der Waals surface area contributed by atoms with Gasteiger partial charge in [0.1, 0.15) is 5.15 Å². The molecule has 2 nitrogen and oxygen atoms in total. The summed E-state index contributed by atoms with van der Waals surface area (Å²) in [6.07, 6.45) is 0. The molecule has 1 aromatic carbocycles. The minimum Gasteiger partial charge on any atom is -0.221 e. The van der Waals surface area contributed by atoms with E-state index in [9.17, 15) is 0 Å². The quantitative estimate of drug-likeness (QED) is 0.737. The summed E-state index contributed by atoms with van der Waals surface area (Å²) in [7, 11) is 0. The molecule has 0 aliphatic heterocycles. The first-order chi connectivity index (χ1) is 6.70. The molecule has 0 atom stereocenters. The van der Waals surface area contributed by atoms with Crippen LogP contribution in [0.15, 0.2) is 30.3 Å². The van der Waals surface area contributed by atoms with E-state index in [0.717, 1.165) is 15.0 Å². The molecule has 2 aromatic rings. The standard InChI is InChI=1S/C10H8ClIN2/c1-7-9(12)10(11)14(13-7)8-5-3-2-4-6-8/h2-6H,1H3. The van der Waals surface area contributed by atoms with E-state index in [1.54, 1.807) is 4.68 Å². The Labute approximate surface area is 101 Å². The zero-order valence-corrected chi connectivity index (χ0v) is 10.5. The Morgan fingerprint density at radius 2 is 1.93 bits per heavy atom. The van der Waals surface area contributed by atoms with Crippen molar-refractivity contribution < 1.29 is 0 Å². The topological polar surface area (TPSA) is 17.8 Å². The Bertz CT molecular complexity index is 451. The number of halogens is 2. The van der Waals surface area contributed by atoms with Gasteiger partial charge in [0, 0.05) is 0 Å². The van der Waals surface area contributed by atoms with Gasteiger partial charge in [0.2, 0.25) is 0 Å². The van der Waals surface area contributed by atoms with E-state index < -0.39 is 0 Å². The summed E-state index contributed by atoms with van der Waals surface area (Å²) in [5.41, 5.74) is 1.95. The van der Waals surface area contributed by atoms with Gasteiger partial charge in [0.15, 0.2) is 0 Å². The molecule has 1 aromatic heterocycles. The highest BCUT2D eigenvalue weighted by atomic mass is 127. The lowest BCUT2D eigenvalue weighted by Gasteiger charge is -2.01. The fraction of sp³-hybridized carbons (Fsp3) is 0.100. The third-order valence-electron chi connectivity index (χ3n) is 1.94. The van der Waals surface area contributed by atoms with Crippen molar-refractivity contribution in [3.05, 3.63) is 44.7 Å². The SMILES string of the molecule is Cc1nn(-c2ccccc2)c(Cl)c1I. The van der Waals surface area contributed by atoms with Crippen LogP contribution in [-0.2, 0) is 0 Å². The Hall–Kier alpha value is -0.550. The first-order valence-electron chi connectivity index (χ1n) is 4.16. The number of nitrogens with zero attached hydrogens (tertiary/aromatic N) is 2. The zero-order chi connectivity index (χ0) is 10.1. The minimum atomic E-state index is 0.675. The molecule has 72 valence electrons. The van der Waals surface area contributed by atoms with Crippen LogP contribution >= 0.6 is 34.2 Å².